The molecule has 0 spiro atoms. The summed E-state index contributed by atoms with van der Waals surface area (Å²) in [5, 5.41) is 13.4. The molecule has 0 fully saturated rings. The number of hydrogen-bond acceptors (Lipinski definition) is 6. The summed E-state index contributed by atoms with van der Waals surface area (Å²) < 4.78 is 32.3. The number of anilines is 1. The first-order chi connectivity index (χ1) is 13.0. The number of sulfonamides is 1. The maximum absolute atomic E-state index is 12.6. The highest BCUT2D eigenvalue weighted by atomic mass is 35.5. The average Bonchev–Trinajstić information content (AvgIpc) is 2.60. The molecule has 9 nitrogen and oxygen atoms in total. The molecule has 0 atom stereocenters. The molecule has 0 unspecified atom stereocenters. The SMILES string of the molecule is COc1ccc(S(=O)(=O)NC(C)C)cc1NC(=O)c1cc([N+](=O)[O-])ccc1Cl. The summed E-state index contributed by atoms with van der Waals surface area (Å²) in [6.07, 6.45) is 0. The Morgan fingerprint density at radius 1 is 1.21 bits per heavy atom. The number of hydrogen-bond donors (Lipinski definition) is 2. The van der Waals surface area contributed by atoms with Crippen molar-refractivity contribution < 1.29 is 22.9 Å². The second kappa shape index (κ2) is 8.55. The Labute approximate surface area is 166 Å². The summed E-state index contributed by atoms with van der Waals surface area (Å²) in [7, 11) is -2.45. The average molecular weight is 428 g/mol. The van der Waals surface area contributed by atoms with E-state index in [2.05, 4.69) is 10.0 Å². The third kappa shape index (κ3) is 4.97. The van der Waals surface area contributed by atoms with Gasteiger partial charge in [0.2, 0.25) is 10.0 Å². The van der Waals surface area contributed by atoms with Gasteiger partial charge in [-0.05, 0) is 38.1 Å². The van der Waals surface area contributed by atoms with Crippen LogP contribution >= 0.6 is 11.6 Å². The van der Waals surface area contributed by atoms with E-state index in [1.165, 1.54) is 37.4 Å². The minimum absolute atomic E-state index is 0.00678. The van der Waals surface area contributed by atoms with E-state index in [0.29, 0.717) is 0 Å². The molecule has 2 N–H and O–H groups in total. The van der Waals surface area contributed by atoms with Crippen LogP contribution < -0.4 is 14.8 Å². The number of nitro groups is 1. The van der Waals surface area contributed by atoms with Gasteiger partial charge in [0.1, 0.15) is 5.75 Å². The summed E-state index contributed by atoms with van der Waals surface area (Å²) in [5.74, 6) is -0.545. The fraction of sp³-hybridized carbons (Fsp3) is 0.235. The van der Waals surface area contributed by atoms with Gasteiger partial charge in [0.25, 0.3) is 11.6 Å². The molecular formula is C17H18ClN3O6S. The highest BCUT2D eigenvalue weighted by Gasteiger charge is 2.21. The number of nitrogens with one attached hydrogen (secondary N) is 2. The van der Waals surface area contributed by atoms with Gasteiger partial charge < -0.3 is 10.1 Å². The van der Waals surface area contributed by atoms with Gasteiger partial charge in [-0.15, -0.1) is 0 Å². The maximum atomic E-state index is 12.6. The normalized spacial score (nSPS) is 11.3. The smallest absolute Gasteiger partial charge is 0.270 e. The Hall–Kier alpha value is -2.69. The molecule has 2 aromatic carbocycles. The molecule has 0 bridgehead atoms. The van der Waals surface area contributed by atoms with Gasteiger partial charge in [0, 0.05) is 18.2 Å². The predicted octanol–water partition coefficient (Wildman–Crippen LogP) is 3.20. The van der Waals surface area contributed by atoms with E-state index in [4.69, 9.17) is 16.3 Å². The van der Waals surface area contributed by atoms with Crippen molar-refractivity contribution in [2.24, 2.45) is 0 Å². The Balaban J connectivity index is 2.42. The Morgan fingerprint density at radius 2 is 1.89 bits per heavy atom. The molecule has 0 aromatic heterocycles. The van der Waals surface area contributed by atoms with Crippen molar-refractivity contribution in [1.82, 2.24) is 4.72 Å². The van der Waals surface area contributed by atoms with Gasteiger partial charge in [0.15, 0.2) is 0 Å². The number of benzene rings is 2. The highest BCUT2D eigenvalue weighted by Crippen LogP contribution is 2.29. The van der Waals surface area contributed by atoms with Crippen LogP contribution in [0.15, 0.2) is 41.3 Å². The van der Waals surface area contributed by atoms with E-state index in [1.807, 2.05) is 0 Å². The number of ether oxygens (including phenoxy) is 1. The van der Waals surface area contributed by atoms with E-state index < -0.39 is 20.9 Å². The van der Waals surface area contributed by atoms with Crippen molar-refractivity contribution in [3.8, 4) is 5.75 Å². The van der Waals surface area contributed by atoms with Crippen molar-refractivity contribution in [2.45, 2.75) is 24.8 Å². The van der Waals surface area contributed by atoms with Crippen molar-refractivity contribution in [2.75, 3.05) is 12.4 Å². The predicted molar refractivity (Wildman–Crippen MR) is 105 cm³/mol. The number of nitro benzene ring substituents is 1. The van der Waals surface area contributed by atoms with Crippen molar-refractivity contribution in [3.63, 3.8) is 0 Å². The molecular weight excluding hydrogens is 410 g/mol. The van der Waals surface area contributed by atoms with Crippen LogP contribution in [0.25, 0.3) is 0 Å². The molecule has 0 radical (unpaired) electrons. The molecule has 0 heterocycles. The van der Waals surface area contributed by atoms with E-state index in [9.17, 15) is 23.3 Å². The molecule has 0 aliphatic heterocycles. The van der Waals surface area contributed by atoms with Crippen LogP contribution in [0.5, 0.6) is 5.75 Å². The topological polar surface area (TPSA) is 128 Å². The van der Waals surface area contributed by atoms with Crippen LogP contribution in [-0.2, 0) is 10.0 Å². The summed E-state index contributed by atoms with van der Waals surface area (Å²) in [4.78, 5) is 22.8. The highest BCUT2D eigenvalue weighted by molar-refractivity contribution is 7.89. The van der Waals surface area contributed by atoms with Crippen LogP contribution in [0.1, 0.15) is 24.2 Å². The standard InChI is InChI=1S/C17H18ClN3O6S/c1-10(2)20-28(25,26)12-5-7-16(27-3)15(9-12)19-17(22)13-8-11(21(23)24)4-6-14(13)18/h4-10,20H,1-3H3,(H,19,22). The Morgan fingerprint density at radius 3 is 2.46 bits per heavy atom. The van der Waals surface area contributed by atoms with Gasteiger partial charge in [-0.25, -0.2) is 13.1 Å². The Kier molecular flexibility index (Phi) is 6.60. The lowest BCUT2D eigenvalue weighted by Crippen LogP contribution is -2.30. The maximum Gasteiger partial charge on any atom is 0.270 e. The molecule has 150 valence electrons. The molecule has 28 heavy (non-hydrogen) atoms. The zero-order valence-electron chi connectivity index (χ0n) is 15.2. The first-order valence-corrected chi connectivity index (χ1v) is 9.87. The van der Waals surface area contributed by atoms with E-state index in [0.717, 1.165) is 6.07 Å². The minimum atomic E-state index is -3.81. The van der Waals surface area contributed by atoms with Crippen LogP contribution in [0.2, 0.25) is 5.02 Å². The molecule has 2 rings (SSSR count). The summed E-state index contributed by atoms with van der Waals surface area (Å²) in [6, 6.07) is 7.06. The number of rotatable bonds is 7. The van der Waals surface area contributed by atoms with Crippen LogP contribution in [0.3, 0.4) is 0 Å². The van der Waals surface area contributed by atoms with Crippen molar-refractivity contribution >= 4 is 38.9 Å². The number of carbonyl (C=O) groups excluding carboxylic acids is 1. The quantitative estimate of drug-likeness (QED) is 0.515. The summed E-state index contributed by atoms with van der Waals surface area (Å²) in [6.45, 7) is 3.35. The number of methoxy groups -OCH3 is 1. The van der Waals surface area contributed by atoms with E-state index in [1.54, 1.807) is 13.8 Å². The molecule has 0 saturated carbocycles. The van der Waals surface area contributed by atoms with Gasteiger partial charge in [-0.1, -0.05) is 11.6 Å². The number of non-ortho nitro benzene ring substituents is 1. The number of nitrogens with zero attached hydrogens (tertiary/aromatic N) is 1. The lowest BCUT2D eigenvalue weighted by atomic mass is 10.1. The van der Waals surface area contributed by atoms with Gasteiger partial charge >= 0.3 is 0 Å². The van der Waals surface area contributed by atoms with Gasteiger partial charge in [0.05, 0.1) is 33.2 Å². The summed E-state index contributed by atoms with van der Waals surface area (Å²) >= 11 is 5.98. The monoisotopic (exact) mass is 427 g/mol. The minimum Gasteiger partial charge on any atom is -0.495 e. The molecule has 2 aromatic rings. The second-order valence-electron chi connectivity index (χ2n) is 6.01. The lowest BCUT2D eigenvalue weighted by molar-refractivity contribution is -0.384. The molecule has 0 aliphatic carbocycles. The lowest BCUT2D eigenvalue weighted by Gasteiger charge is -2.14. The first kappa shape index (κ1) is 21.6. The zero-order valence-corrected chi connectivity index (χ0v) is 16.8. The van der Waals surface area contributed by atoms with Crippen LogP contribution in [-0.4, -0.2) is 32.4 Å². The van der Waals surface area contributed by atoms with Crippen molar-refractivity contribution in [1.29, 1.82) is 0 Å². The van der Waals surface area contributed by atoms with E-state index in [-0.39, 0.29) is 38.6 Å². The van der Waals surface area contributed by atoms with Crippen LogP contribution in [0, 0.1) is 10.1 Å². The second-order valence-corrected chi connectivity index (χ2v) is 8.13. The fourth-order valence-electron chi connectivity index (χ4n) is 2.32. The largest absolute Gasteiger partial charge is 0.495 e. The Bertz CT molecular complexity index is 1020. The molecule has 1 amide bonds. The molecule has 11 heteroatoms. The van der Waals surface area contributed by atoms with Gasteiger partial charge in [-0.2, -0.15) is 0 Å². The van der Waals surface area contributed by atoms with Crippen LogP contribution in [0.4, 0.5) is 11.4 Å². The molecule has 0 aliphatic rings. The third-order valence-electron chi connectivity index (χ3n) is 3.53. The zero-order chi connectivity index (χ0) is 21.1. The number of carbonyl (C=O) groups is 1. The summed E-state index contributed by atoms with van der Waals surface area (Å²) in [5.41, 5.74) is -0.368. The third-order valence-corrected chi connectivity index (χ3v) is 5.51. The van der Waals surface area contributed by atoms with E-state index >= 15 is 0 Å². The number of halogens is 1. The van der Waals surface area contributed by atoms with Crippen molar-refractivity contribution in [3.05, 3.63) is 57.1 Å². The first-order valence-electron chi connectivity index (χ1n) is 8.01. The number of amides is 1. The van der Waals surface area contributed by atoms with Gasteiger partial charge in [-0.3, -0.25) is 14.9 Å². The fourth-order valence-corrected chi connectivity index (χ4v) is 3.80. The molecule has 0 saturated heterocycles.